The average molecular weight is 278 g/mol. The van der Waals surface area contributed by atoms with E-state index in [9.17, 15) is 0 Å². The van der Waals surface area contributed by atoms with Crippen molar-refractivity contribution in [2.24, 2.45) is 0 Å². The summed E-state index contributed by atoms with van der Waals surface area (Å²) in [5, 5.41) is 15.1. The highest BCUT2D eigenvalue weighted by molar-refractivity contribution is 6.28. The summed E-state index contributed by atoms with van der Waals surface area (Å²) in [5.74, 6) is 1.28. The average Bonchev–Trinajstić information content (AvgIpc) is 2.96. The van der Waals surface area contributed by atoms with E-state index in [-0.39, 0.29) is 5.28 Å². The zero-order valence-electron chi connectivity index (χ0n) is 10.4. The quantitative estimate of drug-likeness (QED) is 0.719. The third kappa shape index (κ3) is 2.24. The lowest BCUT2D eigenvalue weighted by molar-refractivity contribution is 0.534. The minimum absolute atomic E-state index is 0.155. The summed E-state index contributed by atoms with van der Waals surface area (Å²) < 4.78 is 1.86. The Hall–Kier alpha value is -2.15. The Morgan fingerprint density at radius 3 is 2.95 bits per heavy atom. The van der Waals surface area contributed by atoms with E-state index in [1.165, 1.54) is 0 Å². The fourth-order valence-electron chi connectivity index (χ4n) is 1.72. The van der Waals surface area contributed by atoms with Gasteiger partial charge in [-0.2, -0.15) is 20.2 Å². The van der Waals surface area contributed by atoms with Gasteiger partial charge >= 0.3 is 0 Å². The van der Waals surface area contributed by atoms with Gasteiger partial charge in [-0.05, 0) is 25.4 Å². The molecule has 3 rings (SSSR count). The molecule has 0 amide bonds. The molecule has 0 saturated heterocycles. The molecule has 0 aromatic carbocycles. The molecule has 0 unspecified atom stereocenters. The Balaban J connectivity index is 1.97. The van der Waals surface area contributed by atoms with Crippen LogP contribution in [0.5, 0.6) is 0 Å². The van der Waals surface area contributed by atoms with Crippen molar-refractivity contribution in [3.63, 3.8) is 0 Å². The Morgan fingerprint density at radius 2 is 2.21 bits per heavy atom. The van der Waals surface area contributed by atoms with Crippen LogP contribution in [0.4, 0.5) is 11.6 Å². The summed E-state index contributed by atoms with van der Waals surface area (Å²) in [5.41, 5.74) is 0.589. The molecule has 98 valence electrons. The molecular weight excluding hydrogens is 266 g/mol. The number of fused-ring (bicyclic) bond motifs is 1. The highest BCUT2D eigenvalue weighted by Gasteiger charge is 2.10. The van der Waals surface area contributed by atoms with E-state index in [4.69, 9.17) is 11.6 Å². The molecule has 7 nitrogen and oxygen atoms in total. The molecule has 3 aromatic heterocycles. The second kappa shape index (κ2) is 4.51. The highest BCUT2D eigenvalue weighted by Crippen LogP contribution is 2.23. The predicted molar refractivity (Wildman–Crippen MR) is 72.6 cm³/mol. The SMILES string of the molecule is CC(C)n1ccc(Nc2nc(Cl)nc3[nH]ncc23)n1. The van der Waals surface area contributed by atoms with Crippen molar-refractivity contribution in [2.45, 2.75) is 19.9 Å². The highest BCUT2D eigenvalue weighted by atomic mass is 35.5. The second-order valence-electron chi connectivity index (χ2n) is 4.37. The van der Waals surface area contributed by atoms with Crippen molar-refractivity contribution in [2.75, 3.05) is 5.32 Å². The summed E-state index contributed by atoms with van der Waals surface area (Å²) in [6, 6.07) is 2.18. The van der Waals surface area contributed by atoms with E-state index in [2.05, 4.69) is 44.4 Å². The van der Waals surface area contributed by atoms with Crippen molar-refractivity contribution in [3.8, 4) is 0 Å². The lowest BCUT2D eigenvalue weighted by Gasteiger charge is -2.05. The Labute approximate surface area is 114 Å². The Morgan fingerprint density at radius 1 is 1.37 bits per heavy atom. The molecule has 0 bridgehead atoms. The van der Waals surface area contributed by atoms with Crippen LogP contribution < -0.4 is 5.32 Å². The molecule has 3 heterocycles. The predicted octanol–water partition coefficient (Wildman–Crippen LogP) is 2.53. The summed E-state index contributed by atoms with van der Waals surface area (Å²) in [7, 11) is 0. The fraction of sp³-hybridized carbons (Fsp3) is 0.273. The van der Waals surface area contributed by atoms with Crippen molar-refractivity contribution in [3.05, 3.63) is 23.7 Å². The number of H-pyrrole nitrogens is 1. The first-order chi connectivity index (χ1) is 9.13. The van der Waals surface area contributed by atoms with Crippen LogP contribution in [-0.4, -0.2) is 29.9 Å². The zero-order valence-corrected chi connectivity index (χ0v) is 11.2. The molecule has 0 atom stereocenters. The van der Waals surface area contributed by atoms with E-state index in [0.29, 0.717) is 23.3 Å². The molecule has 2 N–H and O–H groups in total. The van der Waals surface area contributed by atoms with Gasteiger partial charge in [-0.25, -0.2) is 0 Å². The van der Waals surface area contributed by atoms with Gasteiger partial charge in [0.2, 0.25) is 5.28 Å². The molecule has 0 aliphatic rings. The van der Waals surface area contributed by atoms with Crippen LogP contribution in [0.1, 0.15) is 19.9 Å². The standard InChI is InChI=1S/C11H12ClN7/c1-6(2)19-4-3-8(18-19)14-9-7-5-13-17-10(7)16-11(12)15-9/h3-6H,1-2H3,(H2,13,14,15,16,17,18). The Bertz CT molecular complexity index is 715. The maximum atomic E-state index is 5.87. The molecular formula is C11H12ClN7. The van der Waals surface area contributed by atoms with Gasteiger partial charge in [0.05, 0.1) is 11.6 Å². The third-order valence-electron chi connectivity index (χ3n) is 2.67. The molecule has 0 aliphatic carbocycles. The number of hydrogen-bond acceptors (Lipinski definition) is 5. The van der Waals surface area contributed by atoms with Crippen LogP contribution in [0.25, 0.3) is 11.0 Å². The number of halogens is 1. The van der Waals surface area contributed by atoms with Crippen molar-refractivity contribution in [1.82, 2.24) is 29.9 Å². The molecule has 0 spiro atoms. The van der Waals surface area contributed by atoms with E-state index in [1.54, 1.807) is 6.20 Å². The molecule has 0 aliphatic heterocycles. The minimum atomic E-state index is 0.155. The van der Waals surface area contributed by atoms with Gasteiger partial charge < -0.3 is 5.32 Å². The lowest BCUT2D eigenvalue weighted by atomic mass is 10.4. The maximum absolute atomic E-state index is 5.87. The number of anilines is 2. The molecule has 0 saturated carbocycles. The van der Waals surface area contributed by atoms with E-state index in [1.807, 2.05) is 16.9 Å². The van der Waals surface area contributed by atoms with Gasteiger partial charge in [0.15, 0.2) is 11.5 Å². The van der Waals surface area contributed by atoms with Crippen LogP contribution in [-0.2, 0) is 0 Å². The zero-order chi connectivity index (χ0) is 13.4. The van der Waals surface area contributed by atoms with Crippen LogP contribution in [0.2, 0.25) is 5.28 Å². The maximum Gasteiger partial charge on any atom is 0.226 e. The fourth-order valence-corrected chi connectivity index (χ4v) is 1.89. The molecule has 0 fully saturated rings. The minimum Gasteiger partial charge on any atom is -0.323 e. The van der Waals surface area contributed by atoms with Gasteiger partial charge in [0, 0.05) is 18.3 Å². The number of aromatic nitrogens is 6. The number of nitrogens with zero attached hydrogens (tertiary/aromatic N) is 5. The van der Waals surface area contributed by atoms with Gasteiger partial charge in [-0.3, -0.25) is 9.78 Å². The topological polar surface area (TPSA) is 84.3 Å². The smallest absolute Gasteiger partial charge is 0.226 e. The largest absolute Gasteiger partial charge is 0.323 e. The Kier molecular flexibility index (Phi) is 2.83. The van der Waals surface area contributed by atoms with Crippen LogP contribution >= 0.6 is 11.6 Å². The van der Waals surface area contributed by atoms with Crippen LogP contribution in [0.15, 0.2) is 18.5 Å². The second-order valence-corrected chi connectivity index (χ2v) is 4.71. The van der Waals surface area contributed by atoms with E-state index in [0.717, 1.165) is 5.39 Å². The van der Waals surface area contributed by atoms with Crippen LogP contribution in [0, 0.1) is 0 Å². The van der Waals surface area contributed by atoms with Gasteiger partial charge in [-0.1, -0.05) is 0 Å². The van der Waals surface area contributed by atoms with Crippen LogP contribution in [0.3, 0.4) is 0 Å². The van der Waals surface area contributed by atoms with Crippen molar-refractivity contribution < 1.29 is 0 Å². The number of nitrogens with one attached hydrogen (secondary N) is 2. The first-order valence-electron chi connectivity index (χ1n) is 5.82. The molecule has 3 aromatic rings. The molecule has 0 radical (unpaired) electrons. The third-order valence-corrected chi connectivity index (χ3v) is 2.84. The summed E-state index contributed by atoms with van der Waals surface area (Å²) >= 11 is 5.87. The van der Waals surface area contributed by atoms with Crippen molar-refractivity contribution >= 4 is 34.3 Å². The van der Waals surface area contributed by atoms with Crippen molar-refractivity contribution in [1.29, 1.82) is 0 Å². The molecule has 8 heteroatoms. The van der Waals surface area contributed by atoms with E-state index < -0.39 is 0 Å². The monoisotopic (exact) mass is 277 g/mol. The summed E-state index contributed by atoms with van der Waals surface area (Å²) in [4.78, 5) is 8.20. The molecule has 19 heavy (non-hydrogen) atoms. The lowest BCUT2D eigenvalue weighted by Crippen LogP contribution is -2.02. The number of hydrogen-bond donors (Lipinski definition) is 2. The number of rotatable bonds is 3. The summed E-state index contributed by atoms with van der Waals surface area (Å²) in [6.45, 7) is 4.12. The van der Waals surface area contributed by atoms with Gasteiger partial charge in [-0.15, -0.1) is 0 Å². The summed E-state index contributed by atoms with van der Waals surface area (Å²) in [6.07, 6.45) is 3.55. The van der Waals surface area contributed by atoms with E-state index >= 15 is 0 Å². The first-order valence-corrected chi connectivity index (χ1v) is 6.20. The van der Waals surface area contributed by atoms with Gasteiger partial charge in [0.1, 0.15) is 5.82 Å². The number of aromatic amines is 1. The normalized spacial score (nSPS) is 11.4. The van der Waals surface area contributed by atoms with Gasteiger partial charge in [0.25, 0.3) is 0 Å². The first kappa shape index (κ1) is 11.9.